The molecule has 0 unspecified atom stereocenters. The first-order valence-electron chi connectivity index (χ1n) is 5.14. The van der Waals surface area contributed by atoms with Gasteiger partial charge in [0.25, 0.3) is 0 Å². The minimum absolute atomic E-state index is 0.0725. The van der Waals surface area contributed by atoms with Crippen molar-refractivity contribution >= 4 is 17.6 Å². The van der Waals surface area contributed by atoms with E-state index in [1.54, 1.807) is 12.1 Å². The van der Waals surface area contributed by atoms with Gasteiger partial charge in [-0.25, -0.2) is 4.79 Å². The Balaban J connectivity index is 2.04. The van der Waals surface area contributed by atoms with Crippen molar-refractivity contribution in [3.63, 3.8) is 0 Å². The molecular weight excluding hydrogens is 258 g/mol. The maximum absolute atomic E-state index is 10.6. The molecule has 2 aromatic rings. The third-order valence-corrected chi connectivity index (χ3v) is 2.53. The van der Waals surface area contributed by atoms with Gasteiger partial charge in [-0.05, 0) is 24.6 Å². The normalized spacial score (nSPS) is 10.3. The van der Waals surface area contributed by atoms with E-state index in [1.165, 1.54) is 6.07 Å². The van der Waals surface area contributed by atoms with Gasteiger partial charge in [0.15, 0.2) is 11.5 Å². The number of hydrogen-bond donors (Lipinski definition) is 1. The average molecular weight is 268 g/mol. The fraction of sp³-hybridized carbons (Fsp3) is 0.167. The zero-order valence-electron chi connectivity index (χ0n) is 9.51. The molecule has 0 spiro atoms. The first kappa shape index (κ1) is 12.4. The van der Waals surface area contributed by atoms with Crippen molar-refractivity contribution in [3.05, 3.63) is 46.3 Å². The van der Waals surface area contributed by atoms with Gasteiger partial charge in [-0.2, -0.15) is 0 Å². The lowest BCUT2D eigenvalue weighted by Gasteiger charge is -2.06. The summed E-state index contributed by atoms with van der Waals surface area (Å²) in [4.78, 5) is 10.6. The number of carbonyl (C=O) groups is 1. The topological polar surface area (TPSA) is 72.6 Å². The predicted octanol–water partition coefficient (Wildman–Crippen LogP) is 2.91. The standard InChI is InChI=1S/C12H10ClNO4/c1-7-2-3-11(9(13)4-7)17-6-8-5-10(12(15)16)14-18-8/h2-5H,6H2,1H3,(H,15,16). The Morgan fingerprint density at radius 3 is 2.89 bits per heavy atom. The molecule has 5 nitrogen and oxygen atoms in total. The Morgan fingerprint density at radius 2 is 2.28 bits per heavy atom. The molecule has 0 radical (unpaired) electrons. The van der Waals surface area contributed by atoms with Crippen molar-refractivity contribution in [2.45, 2.75) is 13.5 Å². The molecule has 18 heavy (non-hydrogen) atoms. The highest BCUT2D eigenvalue weighted by atomic mass is 35.5. The van der Waals surface area contributed by atoms with Crippen molar-refractivity contribution in [3.8, 4) is 5.75 Å². The average Bonchev–Trinajstić information content (AvgIpc) is 2.76. The van der Waals surface area contributed by atoms with Crippen LogP contribution < -0.4 is 4.74 Å². The first-order chi connectivity index (χ1) is 8.56. The second-order valence-electron chi connectivity index (χ2n) is 3.71. The molecule has 94 valence electrons. The van der Waals surface area contributed by atoms with Gasteiger partial charge in [0, 0.05) is 6.07 Å². The molecule has 6 heteroatoms. The number of aromatic carboxylic acids is 1. The van der Waals surface area contributed by atoms with Crippen LogP contribution in [0.2, 0.25) is 5.02 Å². The van der Waals surface area contributed by atoms with Crippen LogP contribution in [0.5, 0.6) is 5.75 Å². The summed E-state index contributed by atoms with van der Waals surface area (Å²) in [5, 5.41) is 12.5. The summed E-state index contributed by atoms with van der Waals surface area (Å²) in [6, 6.07) is 6.70. The Hall–Kier alpha value is -2.01. The van der Waals surface area contributed by atoms with Crippen LogP contribution in [0.3, 0.4) is 0 Å². The molecule has 1 aromatic heterocycles. The summed E-state index contributed by atoms with van der Waals surface area (Å²) in [5.74, 6) is -0.307. The number of nitrogens with zero attached hydrogens (tertiary/aromatic N) is 1. The molecule has 0 saturated heterocycles. The van der Waals surface area contributed by atoms with E-state index >= 15 is 0 Å². The van der Waals surface area contributed by atoms with Crippen LogP contribution in [-0.4, -0.2) is 16.2 Å². The first-order valence-corrected chi connectivity index (χ1v) is 5.52. The molecule has 0 aliphatic rings. The number of rotatable bonds is 4. The molecular formula is C12H10ClNO4. The maximum Gasteiger partial charge on any atom is 0.358 e. The molecule has 1 N–H and O–H groups in total. The minimum atomic E-state index is -1.14. The smallest absolute Gasteiger partial charge is 0.358 e. The Morgan fingerprint density at radius 1 is 1.50 bits per heavy atom. The molecule has 2 rings (SSSR count). The summed E-state index contributed by atoms with van der Waals surface area (Å²) in [6.45, 7) is 1.99. The van der Waals surface area contributed by atoms with Crippen molar-refractivity contribution in [2.75, 3.05) is 0 Å². The van der Waals surface area contributed by atoms with Crippen molar-refractivity contribution in [1.29, 1.82) is 0 Å². The molecule has 0 saturated carbocycles. The largest absolute Gasteiger partial charge is 0.484 e. The van der Waals surface area contributed by atoms with Crippen LogP contribution in [0.25, 0.3) is 0 Å². The molecule has 1 heterocycles. The monoisotopic (exact) mass is 267 g/mol. The number of aromatic nitrogens is 1. The van der Waals surface area contributed by atoms with Crippen LogP contribution in [0, 0.1) is 6.92 Å². The van der Waals surface area contributed by atoms with E-state index in [1.807, 2.05) is 13.0 Å². The van der Waals surface area contributed by atoms with E-state index in [9.17, 15) is 4.79 Å². The highest BCUT2D eigenvalue weighted by molar-refractivity contribution is 6.32. The molecule has 0 aliphatic heterocycles. The summed E-state index contributed by atoms with van der Waals surface area (Å²) in [5.41, 5.74) is 0.879. The Bertz CT molecular complexity index is 579. The number of carboxylic acids is 1. The minimum Gasteiger partial charge on any atom is -0.484 e. The maximum atomic E-state index is 10.6. The summed E-state index contributed by atoms with van der Waals surface area (Å²) >= 11 is 5.99. The molecule has 0 bridgehead atoms. The van der Waals surface area contributed by atoms with Gasteiger partial charge in [-0.3, -0.25) is 0 Å². The SMILES string of the molecule is Cc1ccc(OCc2cc(C(=O)O)no2)c(Cl)c1. The van der Waals surface area contributed by atoms with Gasteiger partial charge < -0.3 is 14.4 Å². The van der Waals surface area contributed by atoms with E-state index in [4.69, 9.17) is 26.0 Å². The van der Waals surface area contributed by atoms with Gasteiger partial charge in [0.05, 0.1) is 5.02 Å². The second-order valence-corrected chi connectivity index (χ2v) is 4.11. The van der Waals surface area contributed by atoms with E-state index in [0.29, 0.717) is 16.5 Å². The van der Waals surface area contributed by atoms with Crippen molar-refractivity contribution in [1.82, 2.24) is 5.16 Å². The van der Waals surface area contributed by atoms with Gasteiger partial charge in [-0.1, -0.05) is 22.8 Å². The van der Waals surface area contributed by atoms with Crippen LogP contribution in [-0.2, 0) is 6.61 Å². The van der Waals surface area contributed by atoms with Crippen LogP contribution in [0.1, 0.15) is 21.8 Å². The van der Waals surface area contributed by atoms with Crippen LogP contribution in [0.4, 0.5) is 0 Å². The van der Waals surface area contributed by atoms with E-state index in [-0.39, 0.29) is 12.3 Å². The van der Waals surface area contributed by atoms with Crippen LogP contribution >= 0.6 is 11.6 Å². The fourth-order valence-corrected chi connectivity index (χ4v) is 1.64. The molecule has 1 aromatic carbocycles. The van der Waals surface area contributed by atoms with Crippen molar-refractivity contribution < 1.29 is 19.2 Å². The quantitative estimate of drug-likeness (QED) is 0.922. The molecule has 0 atom stereocenters. The second kappa shape index (κ2) is 5.10. The zero-order chi connectivity index (χ0) is 13.1. The molecule has 0 aliphatic carbocycles. The Labute approximate surface area is 108 Å². The number of hydrogen-bond acceptors (Lipinski definition) is 4. The third-order valence-electron chi connectivity index (χ3n) is 2.24. The summed E-state index contributed by atoms with van der Waals surface area (Å²) in [7, 11) is 0. The van der Waals surface area contributed by atoms with Crippen LogP contribution in [0.15, 0.2) is 28.8 Å². The lowest BCUT2D eigenvalue weighted by Crippen LogP contribution is -1.96. The lowest BCUT2D eigenvalue weighted by molar-refractivity contribution is 0.0685. The number of aryl methyl sites for hydroxylation is 1. The van der Waals surface area contributed by atoms with E-state index in [0.717, 1.165) is 5.56 Å². The summed E-state index contributed by atoms with van der Waals surface area (Å²) in [6.07, 6.45) is 0. The predicted molar refractivity (Wildman–Crippen MR) is 64.0 cm³/mol. The molecule has 0 amide bonds. The number of benzene rings is 1. The third kappa shape index (κ3) is 2.81. The van der Waals surface area contributed by atoms with Gasteiger partial charge >= 0.3 is 5.97 Å². The van der Waals surface area contributed by atoms with Gasteiger partial charge in [-0.15, -0.1) is 0 Å². The van der Waals surface area contributed by atoms with Crippen molar-refractivity contribution in [2.24, 2.45) is 0 Å². The number of halogens is 1. The van der Waals surface area contributed by atoms with E-state index in [2.05, 4.69) is 5.16 Å². The number of carboxylic acid groups (broad SMARTS) is 1. The highest BCUT2D eigenvalue weighted by Crippen LogP contribution is 2.26. The van der Waals surface area contributed by atoms with Gasteiger partial charge in [0.1, 0.15) is 12.4 Å². The highest BCUT2D eigenvalue weighted by Gasteiger charge is 2.11. The lowest BCUT2D eigenvalue weighted by atomic mass is 10.2. The summed E-state index contributed by atoms with van der Waals surface area (Å²) < 4.78 is 10.2. The number of ether oxygens (including phenoxy) is 1. The Kier molecular flexibility index (Phi) is 3.53. The zero-order valence-corrected chi connectivity index (χ0v) is 10.3. The van der Waals surface area contributed by atoms with E-state index < -0.39 is 5.97 Å². The van der Waals surface area contributed by atoms with Gasteiger partial charge in [0.2, 0.25) is 0 Å². The fourth-order valence-electron chi connectivity index (χ4n) is 1.35. The molecule has 0 fully saturated rings.